The van der Waals surface area contributed by atoms with E-state index in [1.165, 1.54) is 31.2 Å². The molecule has 3 nitrogen and oxygen atoms in total. The van der Waals surface area contributed by atoms with E-state index in [2.05, 4.69) is 16.0 Å². The van der Waals surface area contributed by atoms with Crippen molar-refractivity contribution in [1.29, 1.82) is 0 Å². The molecule has 0 unspecified atom stereocenters. The number of nitrogens with two attached hydrogens (primary N) is 1. The number of nitrogens with zero attached hydrogens (tertiary/aromatic N) is 2. The van der Waals surface area contributed by atoms with Crippen molar-refractivity contribution in [2.45, 2.75) is 44.1 Å². The molecule has 1 aromatic rings. The number of anilines is 1. The number of piperidine rings is 1. The van der Waals surface area contributed by atoms with Gasteiger partial charge in [0.05, 0.1) is 0 Å². The average Bonchev–Trinajstić information content (AvgIpc) is 2.37. The summed E-state index contributed by atoms with van der Waals surface area (Å²) in [6, 6.07) is 4.20. The molecule has 2 aliphatic rings. The Morgan fingerprint density at radius 2 is 1.88 bits per heavy atom. The maximum absolute atomic E-state index is 6.46. The summed E-state index contributed by atoms with van der Waals surface area (Å²) in [4.78, 5) is 7.02. The first-order valence-corrected chi connectivity index (χ1v) is 6.79. The quantitative estimate of drug-likeness (QED) is 0.850. The van der Waals surface area contributed by atoms with Crippen LogP contribution in [-0.4, -0.2) is 18.1 Å². The molecule has 0 radical (unpaired) electrons. The van der Waals surface area contributed by atoms with Crippen molar-refractivity contribution < 1.29 is 0 Å². The van der Waals surface area contributed by atoms with Crippen LogP contribution in [0.1, 0.15) is 44.1 Å². The molecule has 1 saturated carbocycles. The summed E-state index contributed by atoms with van der Waals surface area (Å²) in [5.74, 6) is 1.15. The minimum absolute atomic E-state index is 0.0962. The first-order valence-electron chi connectivity index (χ1n) is 6.79. The molecule has 1 aliphatic heterocycles. The summed E-state index contributed by atoms with van der Waals surface area (Å²) in [5, 5.41) is 0. The Kier molecular flexibility index (Phi) is 2.79. The van der Waals surface area contributed by atoms with Gasteiger partial charge in [0.25, 0.3) is 0 Å². The minimum atomic E-state index is -0.0962. The fourth-order valence-corrected chi connectivity index (χ4v) is 2.97. The third-order valence-corrected chi connectivity index (χ3v) is 4.22. The fraction of sp³-hybridized carbons (Fsp3) is 0.643. The molecule has 2 N–H and O–H groups in total. The second kappa shape index (κ2) is 4.30. The summed E-state index contributed by atoms with van der Waals surface area (Å²) < 4.78 is 0. The van der Waals surface area contributed by atoms with Crippen molar-refractivity contribution in [2.75, 3.05) is 18.0 Å². The van der Waals surface area contributed by atoms with Crippen molar-refractivity contribution in [3.8, 4) is 0 Å². The topological polar surface area (TPSA) is 42.1 Å². The van der Waals surface area contributed by atoms with Gasteiger partial charge < -0.3 is 10.6 Å². The largest absolute Gasteiger partial charge is 0.356 e. The third kappa shape index (κ3) is 1.93. The zero-order chi connectivity index (χ0) is 11.7. The lowest BCUT2D eigenvalue weighted by atomic mass is 9.72. The minimum Gasteiger partial charge on any atom is -0.356 e. The Labute approximate surface area is 103 Å². The van der Waals surface area contributed by atoms with E-state index >= 15 is 0 Å². The molecular formula is C14H21N3. The Bertz CT molecular complexity index is 392. The lowest BCUT2D eigenvalue weighted by Gasteiger charge is -2.41. The van der Waals surface area contributed by atoms with Crippen LogP contribution < -0.4 is 10.6 Å². The van der Waals surface area contributed by atoms with Gasteiger partial charge in [0.2, 0.25) is 0 Å². The number of hydrogen-bond acceptors (Lipinski definition) is 3. The van der Waals surface area contributed by atoms with Crippen molar-refractivity contribution in [3.63, 3.8) is 0 Å². The summed E-state index contributed by atoms with van der Waals surface area (Å²) in [5.41, 5.74) is 7.64. The van der Waals surface area contributed by atoms with E-state index < -0.39 is 0 Å². The lowest BCUT2D eigenvalue weighted by molar-refractivity contribution is 0.253. The van der Waals surface area contributed by atoms with Gasteiger partial charge in [0.15, 0.2) is 0 Å². The van der Waals surface area contributed by atoms with E-state index in [4.69, 9.17) is 5.73 Å². The van der Waals surface area contributed by atoms with E-state index in [9.17, 15) is 0 Å². The Morgan fingerprint density at radius 1 is 1.12 bits per heavy atom. The molecule has 3 rings (SSSR count). The number of rotatable bonds is 2. The van der Waals surface area contributed by atoms with Crippen LogP contribution in [0.5, 0.6) is 0 Å². The van der Waals surface area contributed by atoms with Crippen molar-refractivity contribution in [1.82, 2.24) is 4.98 Å². The van der Waals surface area contributed by atoms with E-state index in [0.717, 1.165) is 31.7 Å². The van der Waals surface area contributed by atoms with Gasteiger partial charge in [-0.2, -0.15) is 0 Å². The van der Waals surface area contributed by atoms with Crippen molar-refractivity contribution >= 4 is 5.82 Å². The van der Waals surface area contributed by atoms with Crippen molar-refractivity contribution in [3.05, 3.63) is 23.9 Å². The molecule has 0 amide bonds. The third-order valence-electron chi connectivity index (χ3n) is 4.22. The highest BCUT2D eigenvalue weighted by Crippen LogP contribution is 2.42. The molecule has 0 bridgehead atoms. The number of pyridine rings is 1. The van der Waals surface area contributed by atoms with Crippen LogP contribution in [0.2, 0.25) is 0 Å². The van der Waals surface area contributed by atoms with Gasteiger partial charge in [-0.3, -0.25) is 0 Å². The molecule has 0 atom stereocenters. The molecule has 2 heterocycles. The maximum Gasteiger partial charge on any atom is 0.133 e. The monoisotopic (exact) mass is 231 g/mol. The van der Waals surface area contributed by atoms with Gasteiger partial charge in [-0.15, -0.1) is 0 Å². The molecule has 1 saturated heterocycles. The Balaban J connectivity index is 1.92. The summed E-state index contributed by atoms with van der Waals surface area (Å²) in [7, 11) is 0. The lowest BCUT2D eigenvalue weighted by Crippen LogP contribution is -2.45. The van der Waals surface area contributed by atoms with Crippen LogP contribution in [0.15, 0.2) is 18.3 Å². The van der Waals surface area contributed by atoms with Crippen LogP contribution in [0.3, 0.4) is 0 Å². The van der Waals surface area contributed by atoms with E-state index in [1.54, 1.807) is 0 Å². The molecule has 1 aliphatic carbocycles. The molecule has 92 valence electrons. The fourth-order valence-electron chi connectivity index (χ4n) is 2.97. The molecule has 17 heavy (non-hydrogen) atoms. The van der Waals surface area contributed by atoms with Crippen LogP contribution in [0.25, 0.3) is 0 Å². The Hall–Kier alpha value is -1.09. The predicted molar refractivity (Wildman–Crippen MR) is 70.0 cm³/mol. The smallest absolute Gasteiger partial charge is 0.133 e. The normalized spacial score (nSPS) is 23.2. The summed E-state index contributed by atoms with van der Waals surface area (Å²) in [6.07, 6.45) is 9.30. The zero-order valence-electron chi connectivity index (χ0n) is 10.4. The highest BCUT2D eigenvalue weighted by atomic mass is 15.2. The second-order valence-corrected chi connectivity index (χ2v) is 5.43. The molecule has 2 fully saturated rings. The predicted octanol–water partition coefficient (Wildman–Crippen LogP) is 2.41. The van der Waals surface area contributed by atoms with E-state index in [0.29, 0.717) is 0 Å². The van der Waals surface area contributed by atoms with Crippen LogP contribution in [-0.2, 0) is 5.54 Å². The average molecular weight is 231 g/mol. The van der Waals surface area contributed by atoms with Gasteiger partial charge in [-0.05, 0) is 44.6 Å². The van der Waals surface area contributed by atoms with Gasteiger partial charge in [0.1, 0.15) is 5.82 Å². The van der Waals surface area contributed by atoms with E-state index in [1.807, 2.05) is 12.3 Å². The standard InChI is InChI=1S/C14H21N3/c15-14(7-5-8-14)12-6-4-9-16-13(12)17-10-2-1-3-11-17/h4,6,9H,1-3,5,7-8,10-11,15H2. The number of aromatic nitrogens is 1. The molecule has 0 aromatic carbocycles. The van der Waals surface area contributed by atoms with Crippen LogP contribution in [0, 0.1) is 0 Å². The molecular weight excluding hydrogens is 210 g/mol. The Morgan fingerprint density at radius 3 is 2.53 bits per heavy atom. The summed E-state index contributed by atoms with van der Waals surface area (Å²) in [6.45, 7) is 2.28. The van der Waals surface area contributed by atoms with Gasteiger partial charge in [-0.25, -0.2) is 4.98 Å². The van der Waals surface area contributed by atoms with Gasteiger partial charge in [0, 0.05) is 30.4 Å². The zero-order valence-corrected chi connectivity index (χ0v) is 10.4. The van der Waals surface area contributed by atoms with Crippen molar-refractivity contribution in [2.24, 2.45) is 5.73 Å². The maximum atomic E-state index is 6.46. The van der Waals surface area contributed by atoms with Crippen LogP contribution >= 0.6 is 0 Å². The van der Waals surface area contributed by atoms with E-state index in [-0.39, 0.29) is 5.54 Å². The molecule has 0 spiro atoms. The second-order valence-electron chi connectivity index (χ2n) is 5.43. The highest BCUT2D eigenvalue weighted by Gasteiger charge is 2.37. The van der Waals surface area contributed by atoms with Crippen LogP contribution in [0.4, 0.5) is 5.82 Å². The highest BCUT2D eigenvalue weighted by molar-refractivity contribution is 5.51. The first-order chi connectivity index (χ1) is 8.30. The van der Waals surface area contributed by atoms with Gasteiger partial charge >= 0.3 is 0 Å². The number of hydrogen-bond donors (Lipinski definition) is 1. The SMILES string of the molecule is NC1(c2cccnc2N2CCCCC2)CCC1. The first kappa shape index (κ1) is 11.0. The van der Waals surface area contributed by atoms with Gasteiger partial charge in [-0.1, -0.05) is 6.07 Å². The summed E-state index contributed by atoms with van der Waals surface area (Å²) >= 11 is 0. The molecule has 1 aromatic heterocycles. The molecule has 3 heteroatoms.